The molecule has 0 heterocycles. The highest BCUT2D eigenvalue weighted by Gasteiger charge is 2.31. The molecule has 0 saturated heterocycles. The summed E-state index contributed by atoms with van der Waals surface area (Å²) in [6, 6.07) is 0. The summed E-state index contributed by atoms with van der Waals surface area (Å²) in [5, 5.41) is 16.4. The van der Waals surface area contributed by atoms with Gasteiger partial charge in [0, 0.05) is 26.1 Å². The van der Waals surface area contributed by atoms with Crippen LogP contribution in [0.25, 0.3) is 0 Å². The van der Waals surface area contributed by atoms with Crippen molar-refractivity contribution in [1.29, 1.82) is 0 Å². The Bertz CT molecular complexity index is 248. The summed E-state index contributed by atoms with van der Waals surface area (Å²) in [5.74, 6) is 0.868. The second-order valence-corrected chi connectivity index (χ2v) is 5.46. The van der Waals surface area contributed by atoms with E-state index in [0.717, 1.165) is 31.6 Å². The van der Waals surface area contributed by atoms with Crippen LogP contribution in [0.3, 0.4) is 0 Å². The molecule has 0 aromatic heterocycles. The molecule has 1 fully saturated rings. The molecule has 0 spiro atoms. The van der Waals surface area contributed by atoms with E-state index in [1.54, 1.807) is 0 Å². The second-order valence-electron chi connectivity index (χ2n) is 5.46. The number of amides is 1. The third kappa shape index (κ3) is 5.36. The van der Waals surface area contributed by atoms with Gasteiger partial charge in [-0.15, -0.1) is 0 Å². The Labute approximate surface area is 111 Å². The largest absolute Gasteiger partial charge is 0.389 e. The van der Waals surface area contributed by atoms with Gasteiger partial charge in [-0.3, -0.25) is 4.79 Å². The van der Waals surface area contributed by atoms with Crippen molar-refractivity contribution in [3.8, 4) is 0 Å². The summed E-state index contributed by atoms with van der Waals surface area (Å²) in [5.41, 5.74) is -0.549. The van der Waals surface area contributed by atoms with Crippen LogP contribution in [0.4, 0.5) is 0 Å². The van der Waals surface area contributed by atoms with E-state index in [4.69, 9.17) is 0 Å². The van der Waals surface area contributed by atoms with E-state index in [-0.39, 0.29) is 5.91 Å². The normalized spacial score (nSPS) is 28.1. The topological polar surface area (TPSA) is 61.4 Å². The van der Waals surface area contributed by atoms with Crippen molar-refractivity contribution in [2.24, 2.45) is 5.92 Å². The van der Waals surface area contributed by atoms with Crippen LogP contribution in [0.5, 0.6) is 0 Å². The zero-order valence-corrected chi connectivity index (χ0v) is 11.8. The minimum absolute atomic E-state index is 0.0756. The molecule has 4 nitrogen and oxygen atoms in total. The van der Waals surface area contributed by atoms with Crippen LogP contribution in [0.1, 0.15) is 52.4 Å². The zero-order valence-electron chi connectivity index (χ0n) is 11.8. The Morgan fingerprint density at radius 1 is 1.33 bits per heavy atom. The average Bonchev–Trinajstić information content (AvgIpc) is 2.36. The molecule has 0 aromatic carbocycles. The first-order chi connectivity index (χ1) is 8.59. The van der Waals surface area contributed by atoms with Crippen molar-refractivity contribution in [3.05, 3.63) is 0 Å². The van der Waals surface area contributed by atoms with E-state index < -0.39 is 5.60 Å². The molecule has 106 valence electrons. The second kappa shape index (κ2) is 7.74. The van der Waals surface area contributed by atoms with E-state index in [1.165, 1.54) is 6.42 Å². The van der Waals surface area contributed by atoms with Crippen molar-refractivity contribution in [2.45, 2.75) is 58.0 Å². The van der Waals surface area contributed by atoms with Crippen LogP contribution in [0, 0.1) is 5.92 Å². The molecule has 0 radical (unpaired) electrons. The van der Waals surface area contributed by atoms with E-state index in [2.05, 4.69) is 17.6 Å². The maximum Gasteiger partial charge on any atom is 0.221 e. The lowest BCUT2D eigenvalue weighted by molar-refractivity contribution is -0.120. The Morgan fingerprint density at radius 3 is 2.56 bits per heavy atom. The maximum absolute atomic E-state index is 11.2. The van der Waals surface area contributed by atoms with E-state index in [9.17, 15) is 9.90 Å². The van der Waals surface area contributed by atoms with Gasteiger partial charge < -0.3 is 15.7 Å². The van der Waals surface area contributed by atoms with Gasteiger partial charge in [0.25, 0.3) is 0 Å². The SMILES string of the molecule is CCNC(=O)CCNCC1(O)CCC(CC)CC1. The van der Waals surface area contributed by atoms with E-state index in [1.807, 2.05) is 6.92 Å². The first-order valence-electron chi connectivity index (χ1n) is 7.29. The standard InChI is InChI=1S/C14H28N2O2/c1-3-12-5-8-14(18,9-6-12)11-15-10-7-13(17)16-4-2/h12,15,18H,3-11H2,1-2H3,(H,16,17). The molecular weight excluding hydrogens is 228 g/mol. The fourth-order valence-corrected chi connectivity index (χ4v) is 2.61. The Morgan fingerprint density at radius 2 is 2.00 bits per heavy atom. The molecule has 0 aromatic rings. The van der Waals surface area contributed by atoms with Gasteiger partial charge >= 0.3 is 0 Å². The minimum Gasteiger partial charge on any atom is -0.389 e. The highest BCUT2D eigenvalue weighted by Crippen LogP contribution is 2.33. The number of carbonyl (C=O) groups excluding carboxylic acids is 1. The molecule has 0 bridgehead atoms. The summed E-state index contributed by atoms with van der Waals surface area (Å²) in [7, 11) is 0. The number of hydrogen-bond acceptors (Lipinski definition) is 3. The van der Waals surface area contributed by atoms with Gasteiger partial charge in [0.15, 0.2) is 0 Å². The van der Waals surface area contributed by atoms with Gasteiger partial charge in [-0.2, -0.15) is 0 Å². The molecule has 1 aliphatic rings. The number of hydrogen-bond donors (Lipinski definition) is 3. The van der Waals surface area contributed by atoms with Crippen molar-refractivity contribution in [3.63, 3.8) is 0 Å². The van der Waals surface area contributed by atoms with Crippen molar-refractivity contribution in [1.82, 2.24) is 10.6 Å². The van der Waals surface area contributed by atoms with Crippen molar-refractivity contribution >= 4 is 5.91 Å². The Kier molecular flexibility index (Phi) is 6.65. The smallest absolute Gasteiger partial charge is 0.221 e. The van der Waals surface area contributed by atoms with Crippen LogP contribution < -0.4 is 10.6 Å². The van der Waals surface area contributed by atoms with E-state index in [0.29, 0.717) is 26.1 Å². The zero-order chi connectivity index (χ0) is 13.4. The highest BCUT2D eigenvalue weighted by atomic mass is 16.3. The fourth-order valence-electron chi connectivity index (χ4n) is 2.61. The Hall–Kier alpha value is -0.610. The average molecular weight is 256 g/mol. The molecule has 4 heteroatoms. The maximum atomic E-state index is 11.2. The molecule has 1 rings (SSSR count). The lowest BCUT2D eigenvalue weighted by Gasteiger charge is -2.36. The van der Waals surface area contributed by atoms with Gasteiger partial charge in [-0.1, -0.05) is 13.3 Å². The van der Waals surface area contributed by atoms with Gasteiger partial charge in [0.2, 0.25) is 5.91 Å². The molecule has 1 aliphatic carbocycles. The molecule has 18 heavy (non-hydrogen) atoms. The predicted octanol–water partition coefficient (Wildman–Crippen LogP) is 1.43. The third-order valence-corrected chi connectivity index (χ3v) is 3.97. The summed E-state index contributed by atoms with van der Waals surface area (Å²) in [4.78, 5) is 11.2. The van der Waals surface area contributed by atoms with Gasteiger partial charge in [0.05, 0.1) is 5.60 Å². The molecule has 0 atom stereocenters. The Balaban J connectivity index is 2.13. The van der Waals surface area contributed by atoms with Crippen molar-refractivity contribution < 1.29 is 9.90 Å². The monoisotopic (exact) mass is 256 g/mol. The third-order valence-electron chi connectivity index (χ3n) is 3.97. The van der Waals surface area contributed by atoms with Gasteiger partial charge in [-0.25, -0.2) is 0 Å². The first-order valence-corrected chi connectivity index (χ1v) is 7.29. The molecule has 0 unspecified atom stereocenters. The van der Waals surface area contributed by atoms with Crippen LogP contribution in [0.2, 0.25) is 0 Å². The fraction of sp³-hybridized carbons (Fsp3) is 0.929. The number of rotatable bonds is 7. The lowest BCUT2D eigenvalue weighted by atomic mass is 9.78. The number of aliphatic hydroxyl groups is 1. The van der Waals surface area contributed by atoms with Crippen LogP contribution >= 0.6 is 0 Å². The summed E-state index contributed by atoms with van der Waals surface area (Å²) in [6.45, 7) is 6.08. The molecular formula is C14H28N2O2. The predicted molar refractivity (Wildman–Crippen MR) is 73.4 cm³/mol. The summed E-state index contributed by atoms with van der Waals surface area (Å²) in [6.07, 6.45) is 5.75. The quantitative estimate of drug-likeness (QED) is 0.604. The first kappa shape index (κ1) is 15.4. The van der Waals surface area contributed by atoms with Crippen LogP contribution in [0.15, 0.2) is 0 Å². The molecule has 0 aliphatic heterocycles. The highest BCUT2D eigenvalue weighted by molar-refractivity contribution is 5.75. The molecule has 1 saturated carbocycles. The number of carbonyl (C=O) groups is 1. The molecule has 1 amide bonds. The summed E-state index contributed by atoms with van der Waals surface area (Å²) >= 11 is 0. The molecule has 3 N–H and O–H groups in total. The van der Waals surface area contributed by atoms with Crippen molar-refractivity contribution in [2.75, 3.05) is 19.6 Å². The summed E-state index contributed by atoms with van der Waals surface area (Å²) < 4.78 is 0. The van der Waals surface area contributed by atoms with Gasteiger partial charge in [-0.05, 0) is 38.5 Å². The van der Waals surface area contributed by atoms with Gasteiger partial charge in [0.1, 0.15) is 0 Å². The van der Waals surface area contributed by atoms with Crippen LogP contribution in [-0.4, -0.2) is 36.2 Å². The van der Waals surface area contributed by atoms with Crippen LogP contribution in [-0.2, 0) is 4.79 Å². The lowest BCUT2D eigenvalue weighted by Crippen LogP contribution is -2.44. The minimum atomic E-state index is -0.549. The number of nitrogens with one attached hydrogen (secondary N) is 2. The van der Waals surface area contributed by atoms with E-state index >= 15 is 0 Å².